The van der Waals surface area contributed by atoms with Crippen molar-refractivity contribution in [3.05, 3.63) is 379 Å². The van der Waals surface area contributed by atoms with E-state index in [4.69, 9.17) is 0 Å². The van der Waals surface area contributed by atoms with Gasteiger partial charge in [0.1, 0.15) is 0 Å². The molecule has 0 aromatic heterocycles. The van der Waals surface area contributed by atoms with Gasteiger partial charge < -0.3 is 10.0 Å². The number of benzene rings is 17. The molecule has 0 saturated heterocycles. The number of halogens is 2. The van der Waals surface area contributed by atoms with Gasteiger partial charge in [0.15, 0.2) is 0 Å². The van der Waals surface area contributed by atoms with Gasteiger partial charge in [-0.15, -0.1) is 0 Å². The van der Waals surface area contributed by atoms with E-state index < -0.39 is 7.12 Å². The summed E-state index contributed by atoms with van der Waals surface area (Å²) in [5, 5.41) is 30.8. The van der Waals surface area contributed by atoms with Gasteiger partial charge in [0.05, 0.1) is 0 Å². The summed E-state index contributed by atoms with van der Waals surface area (Å²) in [5.74, 6) is 0. The van der Waals surface area contributed by atoms with Gasteiger partial charge in [0.25, 0.3) is 0 Å². The zero-order valence-electron chi connectivity index (χ0n) is 52.9. The maximum absolute atomic E-state index is 9.44. The van der Waals surface area contributed by atoms with E-state index in [1.165, 1.54) is 132 Å². The van der Waals surface area contributed by atoms with Crippen LogP contribution in [0.25, 0.3) is 154 Å². The van der Waals surface area contributed by atoms with Crippen LogP contribution in [0.3, 0.4) is 0 Å². The normalized spacial score (nSPS) is 11.1. The van der Waals surface area contributed by atoms with Crippen LogP contribution in [0.4, 0.5) is 0 Å². The lowest BCUT2D eigenvalue weighted by atomic mass is 9.76. The molecule has 0 aliphatic heterocycles. The largest absolute Gasteiger partial charge is 0.489 e. The highest BCUT2D eigenvalue weighted by atomic mass is 79.9. The minimum Gasteiger partial charge on any atom is -0.423 e. The van der Waals surface area contributed by atoms with E-state index in [2.05, 4.69) is 347 Å². The molecule has 460 valence electrons. The molecule has 0 aliphatic rings. The monoisotopic (exact) mass is 1370 g/mol. The van der Waals surface area contributed by atoms with Crippen LogP contribution in [0, 0.1) is 0 Å². The van der Waals surface area contributed by atoms with Crippen molar-refractivity contribution in [2.75, 3.05) is 0 Å². The summed E-state index contributed by atoms with van der Waals surface area (Å²) in [4.78, 5) is 0. The van der Waals surface area contributed by atoms with E-state index in [0.717, 1.165) is 30.8 Å². The molecule has 0 spiro atoms. The Morgan fingerprint density at radius 3 is 0.649 bits per heavy atom. The second kappa shape index (κ2) is 28.1. The fraction of sp³-hybridized carbons (Fsp3) is 0. The van der Waals surface area contributed by atoms with E-state index >= 15 is 0 Å². The van der Waals surface area contributed by atoms with Crippen LogP contribution < -0.4 is 5.46 Å². The van der Waals surface area contributed by atoms with Gasteiger partial charge in [-0.3, -0.25) is 0 Å². The summed E-state index contributed by atoms with van der Waals surface area (Å²) in [6, 6.07) is 131. The zero-order valence-corrected chi connectivity index (χ0v) is 56.1. The van der Waals surface area contributed by atoms with E-state index in [1.807, 2.05) is 48.5 Å². The topological polar surface area (TPSA) is 40.5 Å². The van der Waals surface area contributed by atoms with E-state index in [-0.39, 0.29) is 0 Å². The lowest BCUT2D eigenvalue weighted by Gasteiger charge is -2.19. The molecular formula is C92H63BBr2O2. The van der Waals surface area contributed by atoms with Gasteiger partial charge in [-0.1, -0.05) is 353 Å². The van der Waals surface area contributed by atoms with Crippen LogP contribution in [0.1, 0.15) is 0 Å². The Hall–Kier alpha value is -11.0. The lowest BCUT2D eigenvalue weighted by molar-refractivity contribution is 0.426. The molecule has 0 saturated carbocycles. The highest BCUT2D eigenvalue weighted by Crippen LogP contribution is 2.46. The first-order valence-corrected chi connectivity index (χ1v) is 34.2. The predicted octanol–water partition coefficient (Wildman–Crippen LogP) is 25.0. The fourth-order valence-electron chi connectivity index (χ4n) is 13.8. The summed E-state index contributed by atoms with van der Waals surface area (Å²) >= 11 is 7.39. The van der Waals surface area contributed by atoms with Gasteiger partial charge in [0.2, 0.25) is 0 Å². The van der Waals surface area contributed by atoms with Crippen LogP contribution in [-0.2, 0) is 0 Å². The molecule has 2 nitrogen and oxygen atoms in total. The quantitative estimate of drug-likeness (QED) is 0.134. The Kier molecular flexibility index (Phi) is 18.0. The van der Waals surface area contributed by atoms with E-state index in [9.17, 15) is 10.0 Å². The average molecular weight is 1370 g/mol. The van der Waals surface area contributed by atoms with Gasteiger partial charge in [-0.25, -0.2) is 0 Å². The van der Waals surface area contributed by atoms with Crippen LogP contribution in [0.5, 0.6) is 0 Å². The SMILES string of the molecule is Brc1cc(-c2ccccc2)c2cc(Br)cc(-c3ccccc3)c2c1.OB(O)c1ccc(-c2ccccc2)c2ccccc12.c1ccc(-c2ccc(-c3cc(-c4ccccc4)c4cc(-c5ccc(-c6ccccc6)c6ccccc56)cc(-c5ccccc5)c4c3)c3ccccc23)cc1. The molecule has 0 atom stereocenters. The summed E-state index contributed by atoms with van der Waals surface area (Å²) in [6.07, 6.45) is 0. The summed E-state index contributed by atoms with van der Waals surface area (Å²) in [7, 11) is -1.45. The second-order valence-electron chi connectivity index (χ2n) is 24.2. The van der Waals surface area contributed by atoms with Crippen LogP contribution >= 0.6 is 31.9 Å². The molecule has 5 heteroatoms. The molecule has 0 bridgehead atoms. The maximum Gasteiger partial charge on any atom is 0.489 e. The summed E-state index contributed by atoms with van der Waals surface area (Å²) in [5.41, 5.74) is 22.4. The molecule has 0 fully saturated rings. The van der Waals surface area contributed by atoms with Crippen molar-refractivity contribution in [1.29, 1.82) is 0 Å². The molecule has 0 aliphatic carbocycles. The highest BCUT2D eigenvalue weighted by molar-refractivity contribution is 9.10. The number of fused-ring (bicyclic) bond motifs is 5. The average Bonchev–Trinajstić information content (AvgIpc) is 0.752. The molecule has 0 amide bonds. The van der Waals surface area contributed by atoms with E-state index in [1.54, 1.807) is 6.07 Å². The van der Waals surface area contributed by atoms with Crippen LogP contribution in [0.15, 0.2) is 379 Å². The Morgan fingerprint density at radius 2 is 0.371 bits per heavy atom. The summed E-state index contributed by atoms with van der Waals surface area (Å²) in [6.45, 7) is 0. The predicted molar refractivity (Wildman–Crippen MR) is 421 cm³/mol. The van der Waals surface area contributed by atoms with Crippen molar-refractivity contribution in [2.24, 2.45) is 0 Å². The molecule has 0 radical (unpaired) electrons. The molecule has 0 unspecified atom stereocenters. The van der Waals surface area contributed by atoms with Crippen molar-refractivity contribution in [3.8, 4) is 100 Å². The molecular weight excluding hydrogens is 1310 g/mol. The first-order chi connectivity index (χ1) is 47.8. The van der Waals surface area contributed by atoms with Gasteiger partial charge >= 0.3 is 7.12 Å². The van der Waals surface area contributed by atoms with Gasteiger partial charge in [0, 0.05) is 8.95 Å². The first-order valence-electron chi connectivity index (χ1n) is 32.6. The third-order valence-electron chi connectivity index (χ3n) is 18.4. The van der Waals surface area contributed by atoms with Crippen molar-refractivity contribution < 1.29 is 10.0 Å². The molecule has 0 heterocycles. The molecule has 17 aromatic rings. The van der Waals surface area contributed by atoms with Crippen molar-refractivity contribution in [3.63, 3.8) is 0 Å². The first kappa shape index (κ1) is 62.1. The van der Waals surface area contributed by atoms with Crippen molar-refractivity contribution >= 4 is 98.3 Å². The number of hydrogen-bond acceptors (Lipinski definition) is 2. The minimum atomic E-state index is -1.45. The zero-order chi connectivity index (χ0) is 65.6. The Bertz CT molecular complexity index is 5370. The lowest BCUT2D eigenvalue weighted by Crippen LogP contribution is -2.30. The van der Waals surface area contributed by atoms with Crippen LogP contribution in [-0.4, -0.2) is 17.2 Å². The smallest absolute Gasteiger partial charge is 0.423 e. The van der Waals surface area contributed by atoms with Crippen molar-refractivity contribution in [2.45, 2.75) is 0 Å². The second-order valence-corrected chi connectivity index (χ2v) is 26.1. The Labute approximate surface area is 583 Å². The minimum absolute atomic E-state index is 0.537. The third kappa shape index (κ3) is 12.9. The molecule has 17 aromatic carbocycles. The molecule has 2 N–H and O–H groups in total. The van der Waals surface area contributed by atoms with E-state index in [0.29, 0.717) is 5.46 Å². The van der Waals surface area contributed by atoms with Crippen LogP contribution in [0.2, 0.25) is 0 Å². The molecule has 17 rings (SSSR count). The number of rotatable bonds is 10. The van der Waals surface area contributed by atoms with Gasteiger partial charge in [-0.05, 0) is 208 Å². The number of hydrogen-bond donors (Lipinski definition) is 2. The third-order valence-corrected chi connectivity index (χ3v) is 19.3. The fourth-order valence-corrected chi connectivity index (χ4v) is 14.8. The van der Waals surface area contributed by atoms with Crippen molar-refractivity contribution in [1.82, 2.24) is 0 Å². The Balaban J connectivity index is 0.000000146. The standard InChI is InChI=1S/C54H36.C22H14Br2.C16H13BO2/c1-5-17-37(18-6-1)43-29-31-45(49-27-15-13-25-47(43)49)41-33-51(39-21-9-3-10-22-39)54-36-42(34-52(53(54)35-41)40-23-11-4-12-24-40)46-32-30-44(38-19-7-2-8-20-38)48-26-14-16-28-50(46)48;23-17-11-19(15-7-3-1-4-8-15)21-13-18(24)12-20(22(21)14-17)16-9-5-2-6-10-16;18-17(19)16-11-10-13(12-6-2-1-3-7-12)14-8-4-5-9-15(14)16/h1-36H;1-14H;1-11,18-19H. The summed E-state index contributed by atoms with van der Waals surface area (Å²) < 4.78 is 2.18. The Morgan fingerprint density at radius 1 is 0.165 bits per heavy atom. The maximum atomic E-state index is 9.44. The highest BCUT2D eigenvalue weighted by Gasteiger charge is 2.21. The van der Waals surface area contributed by atoms with Gasteiger partial charge in [-0.2, -0.15) is 0 Å². The molecule has 97 heavy (non-hydrogen) atoms.